The largest absolute Gasteiger partial charge is 0.494 e. The first kappa shape index (κ1) is 23.1. The van der Waals surface area contributed by atoms with Crippen molar-refractivity contribution in [2.24, 2.45) is 5.73 Å². The summed E-state index contributed by atoms with van der Waals surface area (Å²) in [7, 11) is 0. The van der Waals surface area contributed by atoms with Gasteiger partial charge in [0.25, 0.3) is 5.69 Å². The number of rotatable bonds is 7. The summed E-state index contributed by atoms with van der Waals surface area (Å²) < 4.78 is 5.58. The molecule has 2 N–H and O–H groups in total. The Bertz CT molecular complexity index is 1330. The molecule has 0 aliphatic carbocycles. The number of ether oxygens (including phenoxy) is 1. The van der Waals surface area contributed by atoms with Crippen molar-refractivity contribution in [2.75, 3.05) is 6.61 Å². The molecule has 1 heterocycles. The van der Waals surface area contributed by atoms with Crippen LogP contribution in [0.5, 0.6) is 5.75 Å². The number of hydrogen-bond donors (Lipinski definition) is 1. The van der Waals surface area contributed by atoms with Crippen LogP contribution in [0.15, 0.2) is 66.7 Å². The van der Waals surface area contributed by atoms with Gasteiger partial charge in [-0.1, -0.05) is 64.9 Å². The minimum Gasteiger partial charge on any atom is -0.494 e. The second kappa shape index (κ2) is 9.44. The zero-order chi connectivity index (χ0) is 23.6. The second-order valence-electron chi connectivity index (χ2n) is 7.12. The number of nitrogens with two attached hydrogens (primary N) is 1. The molecule has 0 fully saturated rings. The van der Waals surface area contributed by atoms with Crippen LogP contribution in [-0.2, 0) is 5.54 Å². The van der Waals surface area contributed by atoms with E-state index in [0.717, 1.165) is 5.56 Å². The lowest BCUT2D eigenvalue weighted by molar-refractivity contribution is -0.384. The fourth-order valence-corrected chi connectivity index (χ4v) is 4.69. The van der Waals surface area contributed by atoms with E-state index in [1.807, 2.05) is 31.2 Å². The zero-order valence-electron chi connectivity index (χ0n) is 17.4. The minimum absolute atomic E-state index is 0.0865. The number of aromatic nitrogens is 2. The highest BCUT2D eigenvalue weighted by Gasteiger charge is 2.37. The molecule has 0 bridgehead atoms. The summed E-state index contributed by atoms with van der Waals surface area (Å²) in [5.41, 5.74) is 7.40. The predicted molar refractivity (Wildman–Crippen MR) is 130 cm³/mol. The van der Waals surface area contributed by atoms with Gasteiger partial charge >= 0.3 is 0 Å². The Balaban J connectivity index is 1.88. The monoisotopic (exact) mass is 500 g/mol. The third kappa shape index (κ3) is 4.56. The molecular weight excluding hydrogens is 483 g/mol. The summed E-state index contributed by atoms with van der Waals surface area (Å²) in [5, 5.41) is 21.9. The quantitative estimate of drug-likeness (QED) is 0.244. The van der Waals surface area contributed by atoms with E-state index >= 15 is 0 Å². The molecule has 1 atom stereocenters. The standard InChI is InChI=1S/C23H18Cl2N4O3S/c1-2-32-18-8-3-5-14(11-18)21-27-28-22(33-21)23(26,16-9-10-19(24)20(25)13-16)15-6-4-7-17(12-15)29(30)31/h3-13H,2,26H2,1H3. The topological polar surface area (TPSA) is 104 Å². The molecule has 168 valence electrons. The van der Waals surface area contributed by atoms with Crippen molar-refractivity contribution >= 4 is 40.2 Å². The molecule has 0 saturated carbocycles. The van der Waals surface area contributed by atoms with Gasteiger partial charge in [0.2, 0.25) is 0 Å². The van der Waals surface area contributed by atoms with Gasteiger partial charge in [-0.2, -0.15) is 0 Å². The highest BCUT2D eigenvalue weighted by atomic mass is 35.5. The Morgan fingerprint density at radius 2 is 1.79 bits per heavy atom. The smallest absolute Gasteiger partial charge is 0.269 e. The molecule has 4 aromatic rings. The average Bonchev–Trinajstić information content (AvgIpc) is 3.32. The Labute approximate surface area is 203 Å². The number of nitro benzene ring substituents is 1. The van der Waals surface area contributed by atoms with Crippen LogP contribution in [0.2, 0.25) is 10.0 Å². The van der Waals surface area contributed by atoms with Crippen molar-refractivity contribution in [1.29, 1.82) is 0 Å². The SMILES string of the molecule is CCOc1cccc(-c2nnc(C(N)(c3cccc([N+](=O)[O-])c3)c3ccc(Cl)c(Cl)c3)s2)c1. The van der Waals surface area contributed by atoms with Crippen molar-refractivity contribution in [1.82, 2.24) is 10.2 Å². The van der Waals surface area contributed by atoms with Crippen molar-refractivity contribution < 1.29 is 9.66 Å². The third-order valence-corrected chi connectivity index (χ3v) is 6.89. The first-order valence-electron chi connectivity index (χ1n) is 9.89. The Morgan fingerprint density at radius 3 is 2.52 bits per heavy atom. The van der Waals surface area contributed by atoms with Gasteiger partial charge < -0.3 is 10.5 Å². The molecule has 0 aliphatic rings. The Hall–Kier alpha value is -3.04. The van der Waals surface area contributed by atoms with Crippen LogP contribution < -0.4 is 10.5 Å². The van der Waals surface area contributed by atoms with E-state index in [2.05, 4.69) is 10.2 Å². The van der Waals surface area contributed by atoms with Crippen LogP contribution in [-0.4, -0.2) is 21.7 Å². The van der Waals surface area contributed by atoms with E-state index in [0.29, 0.717) is 43.5 Å². The fraction of sp³-hybridized carbons (Fsp3) is 0.130. The molecule has 1 unspecified atom stereocenters. The molecule has 3 aromatic carbocycles. The number of nitro groups is 1. The molecule has 0 saturated heterocycles. The van der Waals surface area contributed by atoms with Gasteiger partial charge in [-0.15, -0.1) is 10.2 Å². The molecule has 33 heavy (non-hydrogen) atoms. The first-order chi connectivity index (χ1) is 15.8. The van der Waals surface area contributed by atoms with Gasteiger partial charge in [0.05, 0.1) is 21.6 Å². The van der Waals surface area contributed by atoms with E-state index in [1.54, 1.807) is 30.3 Å². The van der Waals surface area contributed by atoms with Crippen LogP contribution in [0.1, 0.15) is 23.1 Å². The number of benzene rings is 3. The van der Waals surface area contributed by atoms with Crippen LogP contribution >= 0.6 is 34.5 Å². The van der Waals surface area contributed by atoms with Crippen LogP contribution in [0, 0.1) is 10.1 Å². The number of nitrogens with zero attached hydrogens (tertiary/aromatic N) is 3. The Morgan fingerprint density at radius 1 is 1.03 bits per heavy atom. The van der Waals surface area contributed by atoms with E-state index in [1.165, 1.54) is 23.5 Å². The normalized spacial score (nSPS) is 12.8. The van der Waals surface area contributed by atoms with Gasteiger partial charge in [0.1, 0.15) is 21.3 Å². The fourth-order valence-electron chi connectivity index (χ4n) is 3.40. The van der Waals surface area contributed by atoms with Crippen LogP contribution in [0.3, 0.4) is 0 Å². The summed E-state index contributed by atoms with van der Waals surface area (Å²) in [6.45, 7) is 2.45. The number of non-ortho nitro benzene ring substituents is 1. The highest BCUT2D eigenvalue weighted by molar-refractivity contribution is 7.14. The van der Waals surface area contributed by atoms with Gasteiger partial charge in [-0.3, -0.25) is 10.1 Å². The molecule has 1 aromatic heterocycles. The van der Waals surface area contributed by atoms with Gasteiger partial charge in [-0.25, -0.2) is 0 Å². The average molecular weight is 501 g/mol. The molecule has 0 radical (unpaired) electrons. The lowest BCUT2D eigenvalue weighted by atomic mass is 9.84. The van der Waals surface area contributed by atoms with E-state index in [9.17, 15) is 10.1 Å². The van der Waals surface area contributed by atoms with E-state index in [4.69, 9.17) is 33.7 Å². The molecule has 0 amide bonds. The van der Waals surface area contributed by atoms with Crippen molar-refractivity contribution in [3.63, 3.8) is 0 Å². The first-order valence-corrected chi connectivity index (χ1v) is 11.5. The van der Waals surface area contributed by atoms with Crippen molar-refractivity contribution in [2.45, 2.75) is 12.5 Å². The second-order valence-corrected chi connectivity index (χ2v) is 8.91. The highest BCUT2D eigenvalue weighted by Crippen LogP contribution is 2.40. The lowest BCUT2D eigenvalue weighted by Crippen LogP contribution is -2.39. The summed E-state index contributed by atoms with van der Waals surface area (Å²) in [6, 6.07) is 18.6. The van der Waals surface area contributed by atoms with Gasteiger partial charge in [0, 0.05) is 17.7 Å². The van der Waals surface area contributed by atoms with Gasteiger partial charge in [-0.05, 0) is 42.3 Å². The maximum absolute atomic E-state index is 11.4. The van der Waals surface area contributed by atoms with E-state index in [-0.39, 0.29) is 5.69 Å². The van der Waals surface area contributed by atoms with Crippen LogP contribution in [0.4, 0.5) is 5.69 Å². The maximum atomic E-state index is 11.4. The van der Waals surface area contributed by atoms with Crippen LogP contribution in [0.25, 0.3) is 10.6 Å². The lowest BCUT2D eigenvalue weighted by Gasteiger charge is -2.28. The van der Waals surface area contributed by atoms with Gasteiger partial charge in [0.15, 0.2) is 0 Å². The minimum atomic E-state index is -1.35. The number of hydrogen-bond acceptors (Lipinski definition) is 7. The maximum Gasteiger partial charge on any atom is 0.269 e. The summed E-state index contributed by atoms with van der Waals surface area (Å²) >= 11 is 13.7. The summed E-state index contributed by atoms with van der Waals surface area (Å²) in [5.74, 6) is 0.717. The third-order valence-electron chi connectivity index (χ3n) is 5.04. The molecule has 0 aliphatic heterocycles. The zero-order valence-corrected chi connectivity index (χ0v) is 19.7. The molecule has 10 heteroatoms. The molecule has 4 rings (SSSR count). The molecule has 7 nitrogen and oxygen atoms in total. The predicted octanol–water partition coefficient (Wildman–Crippen LogP) is 6.07. The summed E-state index contributed by atoms with van der Waals surface area (Å²) in [4.78, 5) is 10.9. The molecule has 0 spiro atoms. The summed E-state index contributed by atoms with van der Waals surface area (Å²) in [6.07, 6.45) is 0. The van der Waals surface area contributed by atoms with E-state index < -0.39 is 10.5 Å². The molecular formula is C23H18Cl2N4O3S. The van der Waals surface area contributed by atoms with Crippen molar-refractivity contribution in [3.05, 3.63) is 103 Å². The number of halogens is 2. The van der Waals surface area contributed by atoms with Crippen molar-refractivity contribution in [3.8, 4) is 16.3 Å². The Kier molecular flexibility index (Phi) is 6.62.